The molecular weight excluding hydrogens is 412 g/mol. The van der Waals surface area contributed by atoms with Gasteiger partial charge < -0.3 is 15.4 Å². The lowest BCUT2D eigenvalue weighted by molar-refractivity contribution is 0.223. The number of benzene rings is 2. The number of guanidine groups is 1. The molecule has 7 nitrogen and oxygen atoms in total. The first kappa shape index (κ1) is 24.7. The van der Waals surface area contributed by atoms with Crippen LogP contribution in [0.4, 0.5) is 0 Å². The highest BCUT2D eigenvalue weighted by Gasteiger charge is 2.13. The van der Waals surface area contributed by atoms with E-state index in [0.29, 0.717) is 19.0 Å². The highest BCUT2D eigenvalue weighted by atomic mass is 32.2. The zero-order valence-corrected chi connectivity index (χ0v) is 19.8. The fraction of sp³-hybridized carbons (Fsp3) is 0.435. The minimum absolute atomic E-state index is 0.0268. The Bertz CT molecular complexity index is 957. The van der Waals surface area contributed by atoms with Crippen molar-refractivity contribution in [2.75, 3.05) is 13.6 Å². The molecule has 0 aliphatic carbocycles. The van der Waals surface area contributed by atoms with Gasteiger partial charge in [0.25, 0.3) is 0 Å². The summed E-state index contributed by atoms with van der Waals surface area (Å²) in [6, 6.07) is 15.4. The van der Waals surface area contributed by atoms with E-state index in [4.69, 9.17) is 4.74 Å². The van der Waals surface area contributed by atoms with Crippen LogP contribution >= 0.6 is 0 Å². The average Bonchev–Trinajstić information content (AvgIpc) is 2.68. The molecule has 3 N–H and O–H groups in total. The molecule has 0 aliphatic rings. The summed E-state index contributed by atoms with van der Waals surface area (Å²) in [5.74, 6) is 1.50. The van der Waals surface area contributed by atoms with E-state index in [1.54, 1.807) is 7.05 Å². The monoisotopic (exact) mass is 446 g/mol. The Hall–Kier alpha value is -2.58. The van der Waals surface area contributed by atoms with Crippen molar-refractivity contribution in [3.05, 3.63) is 65.2 Å². The van der Waals surface area contributed by atoms with Crippen LogP contribution in [-0.4, -0.2) is 40.1 Å². The van der Waals surface area contributed by atoms with Crippen LogP contribution in [0.5, 0.6) is 5.75 Å². The number of rotatable bonds is 10. The summed E-state index contributed by atoms with van der Waals surface area (Å²) in [7, 11) is -1.60. The number of aliphatic imine (C=N–C) groups is 1. The van der Waals surface area contributed by atoms with Gasteiger partial charge in [0.15, 0.2) is 5.96 Å². The van der Waals surface area contributed by atoms with Crippen LogP contribution in [0, 0.1) is 6.92 Å². The van der Waals surface area contributed by atoms with Crippen LogP contribution in [0.2, 0.25) is 0 Å². The number of nitrogens with one attached hydrogen (secondary N) is 3. The van der Waals surface area contributed by atoms with Gasteiger partial charge >= 0.3 is 0 Å². The minimum atomic E-state index is -3.32. The second kappa shape index (κ2) is 11.7. The Morgan fingerprint density at radius 2 is 1.71 bits per heavy atom. The molecule has 2 aromatic rings. The summed E-state index contributed by atoms with van der Waals surface area (Å²) in [6.07, 6.45) is -0.0268. The molecule has 0 saturated heterocycles. The van der Waals surface area contributed by atoms with Crippen LogP contribution < -0.4 is 20.1 Å². The smallest absolute Gasteiger partial charge is 0.216 e. The Kier molecular flexibility index (Phi) is 9.33. The van der Waals surface area contributed by atoms with Crippen LogP contribution in [0.15, 0.2) is 53.5 Å². The predicted octanol–water partition coefficient (Wildman–Crippen LogP) is 2.96. The first-order valence-corrected chi connectivity index (χ1v) is 12.1. The van der Waals surface area contributed by atoms with Gasteiger partial charge in [0.2, 0.25) is 10.0 Å². The van der Waals surface area contributed by atoms with Crippen LogP contribution in [0.1, 0.15) is 37.5 Å². The first-order chi connectivity index (χ1) is 14.7. The molecule has 1 unspecified atom stereocenters. The number of aryl methyl sites for hydroxylation is 1. The Labute approximate surface area is 186 Å². The van der Waals surface area contributed by atoms with E-state index in [-0.39, 0.29) is 17.9 Å². The number of sulfonamides is 1. The van der Waals surface area contributed by atoms with Crippen molar-refractivity contribution in [1.82, 2.24) is 15.4 Å². The average molecular weight is 447 g/mol. The van der Waals surface area contributed by atoms with Crippen molar-refractivity contribution in [1.29, 1.82) is 0 Å². The number of ether oxygens (including phenoxy) is 1. The number of hydrogen-bond acceptors (Lipinski definition) is 4. The van der Waals surface area contributed by atoms with Crippen molar-refractivity contribution >= 4 is 16.0 Å². The highest BCUT2D eigenvalue weighted by Crippen LogP contribution is 2.14. The van der Waals surface area contributed by atoms with Crippen LogP contribution in [0.25, 0.3) is 0 Å². The van der Waals surface area contributed by atoms with Gasteiger partial charge in [-0.05, 0) is 56.5 Å². The van der Waals surface area contributed by atoms with Gasteiger partial charge in [0.05, 0.1) is 12.3 Å². The van der Waals surface area contributed by atoms with E-state index in [0.717, 1.165) is 22.4 Å². The molecule has 0 fully saturated rings. The molecular formula is C23H34N4O3S. The third kappa shape index (κ3) is 9.40. The van der Waals surface area contributed by atoms with Crippen molar-refractivity contribution in [2.45, 2.75) is 52.1 Å². The van der Waals surface area contributed by atoms with Gasteiger partial charge in [-0.15, -0.1) is 0 Å². The van der Waals surface area contributed by atoms with Crippen LogP contribution in [0.3, 0.4) is 0 Å². The second-order valence-corrected chi connectivity index (χ2v) is 9.65. The molecule has 0 aliphatic heterocycles. The van der Waals surface area contributed by atoms with E-state index in [1.165, 1.54) is 0 Å². The third-order valence-electron chi connectivity index (χ3n) is 4.36. The summed E-state index contributed by atoms with van der Waals surface area (Å²) >= 11 is 0. The van der Waals surface area contributed by atoms with Gasteiger partial charge in [0.1, 0.15) is 11.9 Å². The summed E-state index contributed by atoms with van der Waals surface area (Å²) < 4.78 is 32.6. The maximum absolute atomic E-state index is 12.1. The molecule has 0 aromatic heterocycles. The van der Waals surface area contributed by atoms with Gasteiger partial charge in [-0.25, -0.2) is 13.1 Å². The lowest BCUT2D eigenvalue weighted by atomic mass is 10.1. The van der Waals surface area contributed by atoms with Crippen LogP contribution in [-0.2, 0) is 22.3 Å². The van der Waals surface area contributed by atoms with Gasteiger partial charge in [-0.1, -0.05) is 36.4 Å². The molecule has 0 amide bonds. The maximum atomic E-state index is 12.1. The van der Waals surface area contributed by atoms with Gasteiger partial charge in [-0.3, -0.25) is 4.99 Å². The molecule has 2 aromatic carbocycles. The molecule has 2 rings (SSSR count). The fourth-order valence-electron chi connectivity index (χ4n) is 2.98. The third-order valence-corrected chi connectivity index (χ3v) is 5.91. The molecule has 31 heavy (non-hydrogen) atoms. The van der Waals surface area contributed by atoms with E-state index >= 15 is 0 Å². The summed E-state index contributed by atoms with van der Waals surface area (Å²) in [5, 5.41) is 6.52. The second-order valence-electron chi connectivity index (χ2n) is 7.90. The van der Waals surface area contributed by atoms with E-state index in [1.807, 2.05) is 76.2 Å². The lowest BCUT2D eigenvalue weighted by Gasteiger charge is -2.18. The molecule has 0 spiro atoms. The van der Waals surface area contributed by atoms with E-state index in [2.05, 4.69) is 20.3 Å². The molecule has 8 heteroatoms. The molecule has 0 saturated carbocycles. The van der Waals surface area contributed by atoms with Crippen molar-refractivity contribution in [2.24, 2.45) is 4.99 Å². The minimum Gasteiger partial charge on any atom is -0.489 e. The molecule has 0 heterocycles. The Balaban J connectivity index is 1.80. The number of nitrogens with zero attached hydrogens (tertiary/aromatic N) is 1. The quantitative estimate of drug-likeness (QED) is 0.386. The fourth-order valence-corrected chi connectivity index (χ4v) is 4.42. The zero-order valence-electron chi connectivity index (χ0n) is 19.0. The van der Waals surface area contributed by atoms with E-state index < -0.39 is 10.0 Å². The summed E-state index contributed by atoms with van der Waals surface area (Å²) in [4.78, 5) is 4.24. The Morgan fingerprint density at radius 3 is 2.32 bits per heavy atom. The molecule has 0 radical (unpaired) electrons. The zero-order chi connectivity index (χ0) is 22.9. The SMILES string of the molecule is CN=C(NCc1ccc(CS(=O)(=O)NC(C)C)cc1)NCC(C)Oc1cccc(C)c1. The van der Waals surface area contributed by atoms with E-state index in [9.17, 15) is 8.42 Å². The predicted molar refractivity (Wildman–Crippen MR) is 127 cm³/mol. The normalized spacial score (nSPS) is 13.2. The molecule has 1 atom stereocenters. The topological polar surface area (TPSA) is 91.8 Å². The maximum Gasteiger partial charge on any atom is 0.216 e. The molecule has 170 valence electrons. The summed E-state index contributed by atoms with van der Waals surface area (Å²) in [5.41, 5.74) is 2.95. The van der Waals surface area contributed by atoms with Gasteiger partial charge in [-0.2, -0.15) is 0 Å². The number of hydrogen-bond donors (Lipinski definition) is 3. The highest BCUT2D eigenvalue weighted by molar-refractivity contribution is 7.88. The largest absolute Gasteiger partial charge is 0.489 e. The molecule has 0 bridgehead atoms. The van der Waals surface area contributed by atoms with Crippen molar-refractivity contribution in [3.8, 4) is 5.75 Å². The first-order valence-electron chi connectivity index (χ1n) is 10.4. The van der Waals surface area contributed by atoms with Crippen molar-refractivity contribution < 1.29 is 13.2 Å². The van der Waals surface area contributed by atoms with Crippen molar-refractivity contribution in [3.63, 3.8) is 0 Å². The Morgan fingerprint density at radius 1 is 1.03 bits per heavy atom. The summed E-state index contributed by atoms with van der Waals surface area (Å²) in [6.45, 7) is 8.84. The lowest BCUT2D eigenvalue weighted by Crippen LogP contribution is -2.41. The van der Waals surface area contributed by atoms with Gasteiger partial charge in [0, 0.05) is 19.6 Å². The standard InChI is InChI=1S/C23H34N4O3S/c1-17(2)27-31(28,29)16-21-11-9-20(10-12-21)15-26-23(24-5)25-14-19(4)30-22-8-6-7-18(3)13-22/h6-13,17,19,27H,14-16H2,1-5H3,(H2,24,25,26).